The Hall–Kier alpha value is -3.06. The number of halogens is 1. The van der Waals surface area contributed by atoms with Gasteiger partial charge in [0.15, 0.2) is 6.61 Å². The number of amides is 2. The quantitative estimate of drug-likeness (QED) is 0.215. The third-order valence-electron chi connectivity index (χ3n) is 8.83. The first-order valence-corrected chi connectivity index (χ1v) is 16.4. The first-order valence-electron chi connectivity index (χ1n) is 16.0. The lowest BCUT2D eigenvalue weighted by atomic mass is 9.88. The Balaban J connectivity index is 1.14. The van der Waals surface area contributed by atoms with E-state index in [1.54, 1.807) is 24.3 Å². The van der Waals surface area contributed by atoms with E-state index in [0.29, 0.717) is 35.9 Å². The van der Waals surface area contributed by atoms with Crippen LogP contribution in [0.25, 0.3) is 11.0 Å². The number of benzene rings is 2. The molecule has 2 aliphatic rings. The van der Waals surface area contributed by atoms with Crippen LogP contribution in [-0.4, -0.2) is 51.5 Å². The molecular weight excluding hydrogens is 548 g/mol. The molecule has 2 aliphatic carbocycles. The van der Waals surface area contributed by atoms with Gasteiger partial charge in [-0.15, -0.1) is 0 Å². The second kappa shape index (κ2) is 15.4. The molecule has 2 fully saturated rings. The maximum atomic E-state index is 14.1. The summed E-state index contributed by atoms with van der Waals surface area (Å²) >= 11 is 5.89. The fourth-order valence-corrected chi connectivity index (χ4v) is 6.80. The van der Waals surface area contributed by atoms with Gasteiger partial charge in [0, 0.05) is 30.1 Å². The van der Waals surface area contributed by atoms with Crippen LogP contribution < -0.4 is 10.1 Å². The summed E-state index contributed by atoms with van der Waals surface area (Å²) in [5, 5.41) is 3.57. The zero-order valence-electron chi connectivity index (χ0n) is 24.7. The Kier molecular flexibility index (Phi) is 11.2. The molecule has 0 aliphatic heterocycles. The summed E-state index contributed by atoms with van der Waals surface area (Å²) in [5.41, 5.74) is 2.00. The summed E-state index contributed by atoms with van der Waals surface area (Å²) in [5.74, 6) is 1.74. The number of para-hydroxylation sites is 2. The predicted octanol–water partition coefficient (Wildman–Crippen LogP) is 7.09. The van der Waals surface area contributed by atoms with Gasteiger partial charge in [0.1, 0.15) is 18.1 Å². The molecule has 0 atom stereocenters. The minimum absolute atomic E-state index is 0.0155. The van der Waals surface area contributed by atoms with Crippen LogP contribution in [0.15, 0.2) is 48.5 Å². The molecule has 7 nitrogen and oxygen atoms in total. The number of carbonyl (C=O) groups is 2. The molecule has 5 rings (SSSR count). The Bertz CT molecular complexity index is 1280. The highest BCUT2D eigenvalue weighted by Gasteiger charge is 2.33. The molecule has 0 saturated heterocycles. The number of hydrogen-bond donors (Lipinski definition) is 1. The number of aromatic nitrogens is 2. The molecule has 2 aromatic carbocycles. The van der Waals surface area contributed by atoms with Gasteiger partial charge in [0.05, 0.1) is 11.0 Å². The molecule has 8 heteroatoms. The van der Waals surface area contributed by atoms with E-state index in [2.05, 4.69) is 20.9 Å². The number of ether oxygens (including phenoxy) is 1. The summed E-state index contributed by atoms with van der Waals surface area (Å²) < 4.78 is 7.69. The topological polar surface area (TPSA) is 76.5 Å². The van der Waals surface area contributed by atoms with Gasteiger partial charge in [-0.1, -0.05) is 68.7 Å². The van der Waals surface area contributed by atoms with E-state index in [4.69, 9.17) is 21.3 Å². The molecule has 1 N–H and O–H groups in total. The number of hydrogen-bond acceptors (Lipinski definition) is 4. The van der Waals surface area contributed by atoms with Crippen LogP contribution in [0, 0.1) is 0 Å². The molecule has 1 aromatic heterocycles. The van der Waals surface area contributed by atoms with Gasteiger partial charge >= 0.3 is 0 Å². The van der Waals surface area contributed by atoms with E-state index >= 15 is 0 Å². The van der Waals surface area contributed by atoms with Crippen molar-refractivity contribution >= 4 is 34.4 Å². The minimum Gasteiger partial charge on any atom is -0.484 e. The lowest BCUT2D eigenvalue weighted by molar-refractivity contribution is -0.138. The number of unbranched alkanes of at least 4 members (excludes halogenated alkanes) is 2. The molecule has 226 valence electrons. The van der Waals surface area contributed by atoms with E-state index in [9.17, 15) is 9.59 Å². The Morgan fingerprint density at radius 1 is 0.881 bits per heavy atom. The molecule has 0 radical (unpaired) electrons. The van der Waals surface area contributed by atoms with Gasteiger partial charge in [-0.25, -0.2) is 4.98 Å². The summed E-state index contributed by atoms with van der Waals surface area (Å²) in [6.07, 6.45) is 15.7. The van der Waals surface area contributed by atoms with E-state index in [0.717, 1.165) is 68.2 Å². The van der Waals surface area contributed by atoms with Crippen LogP contribution in [0.3, 0.4) is 0 Å². The smallest absolute Gasteiger partial charge is 0.257 e. The van der Waals surface area contributed by atoms with Gasteiger partial charge < -0.3 is 19.5 Å². The molecule has 3 aromatic rings. The molecule has 0 bridgehead atoms. The van der Waals surface area contributed by atoms with Crippen LogP contribution in [0.1, 0.15) is 89.3 Å². The van der Waals surface area contributed by atoms with Crippen molar-refractivity contribution in [3.8, 4) is 5.75 Å². The number of carbonyl (C=O) groups excluding carboxylic acids is 2. The van der Waals surface area contributed by atoms with Gasteiger partial charge in [0.2, 0.25) is 5.91 Å². The maximum Gasteiger partial charge on any atom is 0.257 e. The number of aryl methyl sites for hydroxylation is 1. The standard InChI is InChI=1S/C34H45ClN4O3/c35-26-19-21-29(22-20-26)42-25-33(40)36-23-11-3-8-18-32-37-30-16-9-10-17-31(30)38(32)24-34(41)39(27-12-4-1-5-13-27)28-14-6-2-7-15-28/h9-10,16-17,19-22,27-28H,1-8,11-15,18,23-25H2,(H,36,40). The van der Waals surface area contributed by atoms with Gasteiger partial charge in [-0.05, 0) is 74.9 Å². The molecule has 1 heterocycles. The molecule has 0 unspecified atom stereocenters. The van der Waals surface area contributed by atoms with Crippen molar-refractivity contribution in [2.75, 3.05) is 13.2 Å². The van der Waals surface area contributed by atoms with Crippen LogP contribution in [-0.2, 0) is 22.6 Å². The first kappa shape index (κ1) is 30.4. The average molecular weight is 593 g/mol. The lowest BCUT2D eigenvalue weighted by Crippen LogP contribution is -2.50. The van der Waals surface area contributed by atoms with Crippen LogP contribution in [0.5, 0.6) is 5.75 Å². The van der Waals surface area contributed by atoms with Crippen molar-refractivity contribution < 1.29 is 14.3 Å². The summed E-state index contributed by atoms with van der Waals surface area (Å²) in [7, 11) is 0. The fourth-order valence-electron chi connectivity index (χ4n) is 6.68. The zero-order chi connectivity index (χ0) is 29.1. The van der Waals surface area contributed by atoms with Crippen molar-refractivity contribution in [1.29, 1.82) is 0 Å². The SMILES string of the molecule is O=C(COc1ccc(Cl)cc1)NCCCCCc1nc2ccccc2n1CC(=O)N(C1CCCCC1)C1CCCCC1. The Labute approximate surface area is 255 Å². The summed E-state index contributed by atoms with van der Waals surface area (Å²) in [6.45, 7) is 0.959. The first-order chi connectivity index (χ1) is 20.6. The minimum atomic E-state index is -0.134. The summed E-state index contributed by atoms with van der Waals surface area (Å²) in [4.78, 5) is 33.5. The monoisotopic (exact) mass is 592 g/mol. The highest BCUT2D eigenvalue weighted by atomic mass is 35.5. The number of rotatable bonds is 13. The second-order valence-corrected chi connectivity index (χ2v) is 12.3. The van der Waals surface area contributed by atoms with Crippen molar-refractivity contribution in [3.63, 3.8) is 0 Å². The lowest BCUT2D eigenvalue weighted by Gasteiger charge is -2.42. The highest BCUT2D eigenvalue weighted by Crippen LogP contribution is 2.31. The third-order valence-corrected chi connectivity index (χ3v) is 9.09. The number of imidazole rings is 1. The average Bonchev–Trinajstić information content (AvgIpc) is 3.36. The molecule has 2 amide bonds. The van der Waals surface area contributed by atoms with Crippen molar-refractivity contribution in [2.24, 2.45) is 0 Å². The second-order valence-electron chi connectivity index (χ2n) is 11.9. The Morgan fingerprint density at radius 3 is 2.24 bits per heavy atom. The van der Waals surface area contributed by atoms with Crippen LogP contribution in [0.4, 0.5) is 0 Å². The number of nitrogens with zero attached hydrogens (tertiary/aromatic N) is 3. The van der Waals surface area contributed by atoms with E-state index in [1.807, 2.05) is 18.2 Å². The van der Waals surface area contributed by atoms with E-state index < -0.39 is 0 Å². The molecule has 42 heavy (non-hydrogen) atoms. The molecular formula is C34H45ClN4O3. The Morgan fingerprint density at radius 2 is 1.55 bits per heavy atom. The molecule has 0 spiro atoms. The van der Waals surface area contributed by atoms with Crippen molar-refractivity contribution in [3.05, 3.63) is 59.4 Å². The third kappa shape index (κ3) is 8.27. The number of fused-ring (bicyclic) bond motifs is 1. The van der Waals surface area contributed by atoms with Crippen LogP contribution in [0.2, 0.25) is 5.02 Å². The number of nitrogens with one attached hydrogen (secondary N) is 1. The van der Waals surface area contributed by atoms with Crippen molar-refractivity contribution in [1.82, 2.24) is 19.8 Å². The van der Waals surface area contributed by atoms with Gasteiger partial charge in [0.25, 0.3) is 5.91 Å². The van der Waals surface area contributed by atoms with E-state index in [1.165, 1.54) is 38.5 Å². The largest absolute Gasteiger partial charge is 0.484 e. The van der Waals surface area contributed by atoms with Crippen molar-refractivity contribution in [2.45, 2.75) is 109 Å². The van der Waals surface area contributed by atoms with Gasteiger partial charge in [-0.2, -0.15) is 0 Å². The fraction of sp³-hybridized carbons (Fsp3) is 0.559. The highest BCUT2D eigenvalue weighted by molar-refractivity contribution is 6.30. The van der Waals surface area contributed by atoms with Crippen LogP contribution >= 0.6 is 11.6 Å². The molecule has 2 saturated carbocycles. The van der Waals surface area contributed by atoms with Gasteiger partial charge in [-0.3, -0.25) is 9.59 Å². The maximum absolute atomic E-state index is 14.1. The predicted molar refractivity (Wildman–Crippen MR) is 168 cm³/mol. The normalized spacial score (nSPS) is 16.4. The summed E-state index contributed by atoms with van der Waals surface area (Å²) in [6, 6.07) is 15.9. The zero-order valence-corrected chi connectivity index (χ0v) is 25.5. The van der Waals surface area contributed by atoms with E-state index in [-0.39, 0.29) is 18.4 Å².